The van der Waals surface area contributed by atoms with Gasteiger partial charge in [0.25, 0.3) is 0 Å². The minimum Gasteiger partial charge on any atom is -0.247 e. The summed E-state index contributed by atoms with van der Waals surface area (Å²) in [4.78, 5) is 0. The van der Waals surface area contributed by atoms with Crippen molar-refractivity contribution in [3.05, 3.63) is 11.9 Å². The van der Waals surface area contributed by atoms with Gasteiger partial charge in [0.1, 0.15) is 0 Å². The van der Waals surface area contributed by atoms with Crippen LogP contribution in [-0.2, 0) is 12.0 Å². The SMILES string of the molecule is CCCCCc1cn(C(C)(C)C)nn1. The Bertz CT molecular complexity index is 270. The molecule has 0 atom stereocenters. The van der Waals surface area contributed by atoms with Crippen LogP contribution < -0.4 is 0 Å². The molecule has 0 radical (unpaired) electrons. The van der Waals surface area contributed by atoms with Gasteiger partial charge in [0.2, 0.25) is 0 Å². The van der Waals surface area contributed by atoms with Gasteiger partial charge in [-0.2, -0.15) is 0 Å². The van der Waals surface area contributed by atoms with E-state index in [1.54, 1.807) is 0 Å². The van der Waals surface area contributed by atoms with Gasteiger partial charge in [0, 0.05) is 6.20 Å². The molecule has 0 amide bonds. The van der Waals surface area contributed by atoms with Crippen molar-refractivity contribution in [3.63, 3.8) is 0 Å². The number of aromatic nitrogens is 3. The van der Waals surface area contributed by atoms with Crippen LogP contribution in [0.25, 0.3) is 0 Å². The predicted molar refractivity (Wildman–Crippen MR) is 58.2 cm³/mol. The van der Waals surface area contributed by atoms with E-state index in [-0.39, 0.29) is 5.54 Å². The summed E-state index contributed by atoms with van der Waals surface area (Å²) in [6, 6.07) is 0. The second kappa shape index (κ2) is 4.58. The lowest BCUT2D eigenvalue weighted by atomic mass is 10.1. The maximum Gasteiger partial charge on any atom is 0.0827 e. The third kappa shape index (κ3) is 3.13. The largest absolute Gasteiger partial charge is 0.247 e. The van der Waals surface area contributed by atoms with Crippen LogP contribution in [0.4, 0.5) is 0 Å². The number of unbranched alkanes of at least 4 members (excludes halogenated alkanes) is 2. The zero-order valence-electron chi connectivity index (χ0n) is 9.75. The molecule has 1 aromatic rings. The second-order valence-corrected chi connectivity index (χ2v) is 4.78. The zero-order valence-corrected chi connectivity index (χ0v) is 9.75. The molecule has 0 aliphatic rings. The average Bonchev–Trinajstić information content (AvgIpc) is 2.52. The highest BCUT2D eigenvalue weighted by Crippen LogP contribution is 2.12. The van der Waals surface area contributed by atoms with Crippen molar-refractivity contribution in [3.8, 4) is 0 Å². The summed E-state index contributed by atoms with van der Waals surface area (Å²) in [5.41, 5.74) is 1.17. The van der Waals surface area contributed by atoms with Gasteiger partial charge in [-0.15, -0.1) is 5.10 Å². The molecule has 14 heavy (non-hydrogen) atoms. The molecule has 1 rings (SSSR count). The Balaban J connectivity index is 2.51. The highest BCUT2D eigenvalue weighted by molar-refractivity contribution is 4.94. The predicted octanol–water partition coefficient (Wildman–Crippen LogP) is 2.77. The Hall–Kier alpha value is -0.860. The smallest absolute Gasteiger partial charge is 0.0827 e. The summed E-state index contributed by atoms with van der Waals surface area (Å²) in [5, 5.41) is 8.30. The standard InChI is InChI=1S/C11H21N3/c1-5-6-7-8-10-9-14(13-12-10)11(2,3)4/h9H,5-8H2,1-4H3. The Kier molecular flexibility index (Phi) is 3.67. The first-order valence-corrected chi connectivity index (χ1v) is 5.45. The van der Waals surface area contributed by atoms with Crippen LogP contribution in [0.2, 0.25) is 0 Å². The van der Waals surface area contributed by atoms with E-state index < -0.39 is 0 Å². The van der Waals surface area contributed by atoms with Gasteiger partial charge in [-0.25, -0.2) is 4.68 Å². The first-order valence-electron chi connectivity index (χ1n) is 5.45. The van der Waals surface area contributed by atoms with Gasteiger partial charge in [0.15, 0.2) is 0 Å². The molecule has 0 aliphatic carbocycles. The fourth-order valence-corrected chi connectivity index (χ4v) is 1.30. The normalized spacial score (nSPS) is 12.0. The van der Waals surface area contributed by atoms with Gasteiger partial charge >= 0.3 is 0 Å². The summed E-state index contributed by atoms with van der Waals surface area (Å²) >= 11 is 0. The van der Waals surface area contributed by atoms with Crippen LogP contribution >= 0.6 is 0 Å². The summed E-state index contributed by atoms with van der Waals surface area (Å²) in [7, 11) is 0. The number of rotatable bonds is 4. The van der Waals surface area contributed by atoms with Crippen molar-refractivity contribution >= 4 is 0 Å². The molecule has 0 saturated carbocycles. The zero-order chi connectivity index (χ0) is 10.6. The van der Waals surface area contributed by atoms with E-state index in [9.17, 15) is 0 Å². The van der Waals surface area contributed by atoms with E-state index >= 15 is 0 Å². The van der Waals surface area contributed by atoms with E-state index in [0.29, 0.717) is 0 Å². The fourth-order valence-electron chi connectivity index (χ4n) is 1.30. The van der Waals surface area contributed by atoms with E-state index in [1.807, 2.05) is 4.68 Å². The first-order chi connectivity index (χ1) is 6.54. The van der Waals surface area contributed by atoms with Crippen molar-refractivity contribution in [1.29, 1.82) is 0 Å². The Morgan fingerprint density at radius 1 is 1.29 bits per heavy atom. The summed E-state index contributed by atoms with van der Waals surface area (Å²) in [6.45, 7) is 8.62. The molecule has 0 bridgehead atoms. The number of hydrogen-bond acceptors (Lipinski definition) is 2. The fraction of sp³-hybridized carbons (Fsp3) is 0.818. The van der Waals surface area contributed by atoms with Gasteiger partial charge in [0.05, 0.1) is 11.2 Å². The molecule has 0 N–H and O–H groups in total. The van der Waals surface area contributed by atoms with Crippen LogP contribution in [0.1, 0.15) is 52.7 Å². The first kappa shape index (κ1) is 11.2. The maximum atomic E-state index is 4.17. The maximum absolute atomic E-state index is 4.17. The lowest BCUT2D eigenvalue weighted by Crippen LogP contribution is -2.22. The molecule has 0 aliphatic heterocycles. The van der Waals surface area contributed by atoms with E-state index in [1.165, 1.54) is 19.3 Å². The van der Waals surface area contributed by atoms with Crippen molar-refractivity contribution in [2.45, 2.75) is 58.9 Å². The highest BCUT2D eigenvalue weighted by atomic mass is 15.4. The topological polar surface area (TPSA) is 30.7 Å². The van der Waals surface area contributed by atoms with E-state index in [0.717, 1.165) is 12.1 Å². The monoisotopic (exact) mass is 195 g/mol. The Morgan fingerprint density at radius 3 is 2.50 bits per heavy atom. The van der Waals surface area contributed by atoms with Crippen LogP contribution in [0.3, 0.4) is 0 Å². The number of aryl methyl sites for hydroxylation is 1. The van der Waals surface area contributed by atoms with Crippen LogP contribution in [0.15, 0.2) is 6.20 Å². The molecule has 1 aromatic heterocycles. The van der Waals surface area contributed by atoms with Gasteiger partial charge in [-0.1, -0.05) is 25.0 Å². The third-order valence-electron chi connectivity index (χ3n) is 2.26. The summed E-state index contributed by atoms with van der Waals surface area (Å²) < 4.78 is 1.94. The minimum atomic E-state index is 0.0516. The molecular formula is C11H21N3. The molecule has 0 saturated heterocycles. The van der Waals surface area contributed by atoms with Crippen molar-refractivity contribution in [1.82, 2.24) is 15.0 Å². The van der Waals surface area contributed by atoms with Crippen LogP contribution in [-0.4, -0.2) is 15.0 Å². The molecule has 0 spiro atoms. The molecule has 0 aromatic carbocycles. The number of nitrogens with zero attached hydrogens (tertiary/aromatic N) is 3. The molecular weight excluding hydrogens is 174 g/mol. The molecule has 0 unspecified atom stereocenters. The van der Waals surface area contributed by atoms with Crippen molar-refractivity contribution in [2.75, 3.05) is 0 Å². The average molecular weight is 195 g/mol. The van der Waals surface area contributed by atoms with Crippen molar-refractivity contribution < 1.29 is 0 Å². The number of hydrogen-bond donors (Lipinski definition) is 0. The molecule has 3 heteroatoms. The minimum absolute atomic E-state index is 0.0516. The quantitative estimate of drug-likeness (QED) is 0.692. The van der Waals surface area contributed by atoms with E-state index in [2.05, 4.69) is 44.2 Å². The molecule has 1 heterocycles. The summed E-state index contributed by atoms with van der Waals surface area (Å²) in [6.07, 6.45) is 6.88. The molecule has 3 nitrogen and oxygen atoms in total. The Morgan fingerprint density at radius 2 is 2.00 bits per heavy atom. The van der Waals surface area contributed by atoms with Crippen molar-refractivity contribution in [2.24, 2.45) is 0 Å². The summed E-state index contributed by atoms with van der Waals surface area (Å²) in [5.74, 6) is 0. The van der Waals surface area contributed by atoms with Gasteiger partial charge < -0.3 is 0 Å². The third-order valence-corrected chi connectivity index (χ3v) is 2.26. The second-order valence-electron chi connectivity index (χ2n) is 4.78. The van der Waals surface area contributed by atoms with Gasteiger partial charge in [-0.05, 0) is 33.6 Å². The van der Waals surface area contributed by atoms with Crippen LogP contribution in [0, 0.1) is 0 Å². The molecule has 80 valence electrons. The molecule has 0 fully saturated rings. The van der Waals surface area contributed by atoms with Gasteiger partial charge in [-0.3, -0.25) is 0 Å². The van der Waals surface area contributed by atoms with Crippen LogP contribution in [0.5, 0.6) is 0 Å². The lowest BCUT2D eigenvalue weighted by molar-refractivity contribution is 0.347. The van der Waals surface area contributed by atoms with E-state index in [4.69, 9.17) is 0 Å². The Labute approximate surface area is 86.5 Å². The lowest BCUT2D eigenvalue weighted by Gasteiger charge is -2.17. The highest BCUT2D eigenvalue weighted by Gasteiger charge is 2.14.